The van der Waals surface area contributed by atoms with Crippen LogP contribution in [0.1, 0.15) is 58.8 Å². The van der Waals surface area contributed by atoms with Crippen molar-refractivity contribution in [1.82, 2.24) is 20.2 Å². The van der Waals surface area contributed by atoms with Crippen LogP contribution < -0.4 is 10.6 Å². The fourth-order valence-corrected chi connectivity index (χ4v) is 2.62. The molecule has 0 aliphatic rings. The number of nitrogens with one attached hydrogen (secondary N) is 2. The van der Waals surface area contributed by atoms with Crippen molar-refractivity contribution in [3.05, 3.63) is 18.2 Å². The van der Waals surface area contributed by atoms with Gasteiger partial charge in [0.2, 0.25) is 0 Å². The number of aliphatic imine (C=N–C) groups is 1. The summed E-state index contributed by atoms with van der Waals surface area (Å²) in [5, 5.41) is 16.8. The molecule has 0 spiro atoms. The van der Waals surface area contributed by atoms with Gasteiger partial charge in [0.25, 0.3) is 0 Å². The molecule has 0 aliphatic carbocycles. The first kappa shape index (κ1) is 20.3. The lowest BCUT2D eigenvalue weighted by atomic mass is 9.93. The molecule has 1 heterocycles. The van der Waals surface area contributed by atoms with Crippen molar-refractivity contribution in [2.45, 2.75) is 65.1 Å². The number of imidazole rings is 1. The van der Waals surface area contributed by atoms with E-state index in [1.807, 2.05) is 20.8 Å². The van der Waals surface area contributed by atoms with Crippen molar-refractivity contribution in [1.29, 1.82) is 0 Å². The number of aliphatic hydroxyl groups is 1. The van der Waals surface area contributed by atoms with Crippen molar-refractivity contribution < 1.29 is 13.9 Å². The van der Waals surface area contributed by atoms with Crippen LogP contribution >= 0.6 is 0 Å². The summed E-state index contributed by atoms with van der Waals surface area (Å²) in [5.74, 6) is 0.673. The Kier molecular flexibility index (Phi) is 8.67. The largest absolute Gasteiger partial charge is 0.388 e. The molecule has 0 unspecified atom stereocenters. The van der Waals surface area contributed by atoms with E-state index in [1.54, 1.807) is 0 Å². The van der Waals surface area contributed by atoms with Crippen LogP contribution in [-0.4, -0.2) is 39.3 Å². The molecule has 0 atom stereocenters. The van der Waals surface area contributed by atoms with Crippen LogP contribution in [0.5, 0.6) is 0 Å². The molecule has 0 amide bonds. The van der Waals surface area contributed by atoms with E-state index in [0.29, 0.717) is 31.9 Å². The van der Waals surface area contributed by atoms with Crippen LogP contribution in [0.4, 0.5) is 8.78 Å². The van der Waals surface area contributed by atoms with E-state index in [2.05, 4.69) is 20.6 Å². The monoisotopic (exact) mass is 345 g/mol. The molecule has 0 saturated heterocycles. The summed E-state index contributed by atoms with van der Waals surface area (Å²) < 4.78 is 26.4. The molecular weight excluding hydrogens is 316 g/mol. The Hall–Kier alpha value is -1.70. The van der Waals surface area contributed by atoms with E-state index >= 15 is 0 Å². The fraction of sp³-hybridized carbons (Fsp3) is 0.750. The third-order valence-corrected chi connectivity index (χ3v) is 3.70. The molecule has 3 N–H and O–H groups in total. The van der Waals surface area contributed by atoms with Crippen molar-refractivity contribution >= 4 is 5.96 Å². The first-order valence-corrected chi connectivity index (χ1v) is 8.50. The van der Waals surface area contributed by atoms with Crippen LogP contribution in [0.2, 0.25) is 0 Å². The standard InChI is InChI=1S/C16H29F2N5O/c1-4-7-16(24,8-5-2)12-22-15(19-6-3)21-11-13-20-9-10-23(13)14(17)18/h9-10,14,24H,4-8,11-12H2,1-3H3,(H2,19,21,22). The normalized spacial score (nSPS) is 12.7. The summed E-state index contributed by atoms with van der Waals surface area (Å²) in [6.45, 7) is 4.38. The van der Waals surface area contributed by atoms with Gasteiger partial charge in [0, 0.05) is 25.5 Å². The molecule has 1 aromatic rings. The maximum absolute atomic E-state index is 12.8. The molecule has 0 bridgehead atoms. The van der Waals surface area contributed by atoms with Crippen LogP contribution in [0.3, 0.4) is 0 Å². The highest BCUT2D eigenvalue weighted by atomic mass is 19.3. The number of hydrogen-bond acceptors (Lipinski definition) is 3. The van der Waals surface area contributed by atoms with Crippen LogP contribution in [0.25, 0.3) is 0 Å². The van der Waals surface area contributed by atoms with E-state index in [0.717, 1.165) is 17.4 Å². The Labute approximate surface area is 142 Å². The van der Waals surface area contributed by atoms with E-state index in [4.69, 9.17) is 0 Å². The highest BCUT2D eigenvalue weighted by Crippen LogP contribution is 2.18. The number of hydrogen-bond donors (Lipinski definition) is 3. The summed E-state index contributed by atoms with van der Waals surface area (Å²) in [7, 11) is 0. The maximum atomic E-state index is 12.8. The SMILES string of the molecule is CCCC(O)(CCC)CNC(=NCc1nccn1C(F)F)NCC. The molecule has 0 radical (unpaired) electrons. The average molecular weight is 345 g/mol. The number of halogens is 2. The number of alkyl halides is 2. The molecular formula is C16H29F2N5O. The molecule has 24 heavy (non-hydrogen) atoms. The Bertz CT molecular complexity index is 498. The second-order valence-corrected chi connectivity index (χ2v) is 5.80. The molecule has 138 valence electrons. The third-order valence-electron chi connectivity index (χ3n) is 3.70. The predicted octanol–water partition coefficient (Wildman–Crippen LogP) is 2.66. The Morgan fingerprint density at radius 3 is 2.50 bits per heavy atom. The lowest BCUT2D eigenvalue weighted by molar-refractivity contribution is 0.0257. The van der Waals surface area contributed by atoms with Crippen molar-refractivity contribution in [3.8, 4) is 0 Å². The summed E-state index contributed by atoms with van der Waals surface area (Å²) in [6, 6.07) is 0. The summed E-state index contributed by atoms with van der Waals surface area (Å²) in [5.41, 5.74) is -0.791. The lowest BCUT2D eigenvalue weighted by Gasteiger charge is -2.28. The van der Waals surface area contributed by atoms with E-state index in [9.17, 15) is 13.9 Å². The zero-order valence-corrected chi connectivity index (χ0v) is 14.7. The van der Waals surface area contributed by atoms with Gasteiger partial charge in [-0.05, 0) is 19.8 Å². The van der Waals surface area contributed by atoms with Crippen molar-refractivity contribution in [2.75, 3.05) is 13.1 Å². The topological polar surface area (TPSA) is 74.5 Å². The van der Waals surface area contributed by atoms with Gasteiger partial charge >= 0.3 is 6.55 Å². The van der Waals surface area contributed by atoms with Gasteiger partial charge in [0.05, 0.1) is 5.60 Å². The molecule has 8 heteroatoms. The van der Waals surface area contributed by atoms with Gasteiger partial charge in [-0.15, -0.1) is 0 Å². The smallest absolute Gasteiger partial charge is 0.319 e. The Balaban J connectivity index is 2.73. The predicted molar refractivity (Wildman–Crippen MR) is 91.1 cm³/mol. The summed E-state index contributed by atoms with van der Waals surface area (Å²) in [4.78, 5) is 8.20. The van der Waals surface area contributed by atoms with Gasteiger partial charge < -0.3 is 15.7 Å². The zero-order valence-electron chi connectivity index (χ0n) is 14.7. The van der Waals surface area contributed by atoms with Crippen molar-refractivity contribution in [2.24, 2.45) is 4.99 Å². The molecule has 0 aliphatic heterocycles. The van der Waals surface area contributed by atoms with Crippen LogP contribution in [0.15, 0.2) is 17.4 Å². The maximum Gasteiger partial charge on any atom is 0.319 e. The minimum atomic E-state index is -2.63. The quantitative estimate of drug-likeness (QED) is 0.450. The summed E-state index contributed by atoms with van der Waals surface area (Å²) in [6.07, 6.45) is 5.73. The Morgan fingerprint density at radius 1 is 1.29 bits per heavy atom. The number of aromatic nitrogens is 2. The second-order valence-electron chi connectivity index (χ2n) is 5.80. The highest BCUT2D eigenvalue weighted by molar-refractivity contribution is 5.79. The van der Waals surface area contributed by atoms with Gasteiger partial charge in [0.1, 0.15) is 12.4 Å². The summed E-state index contributed by atoms with van der Waals surface area (Å²) >= 11 is 0. The van der Waals surface area contributed by atoms with E-state index in [1.165, 1.54) is 12.4 Å². The molecule has 1 rings (SSSR count). The minimum absolute atomic E-state index is 0.0344. The van der Waals surface area contributed by atoms with Gasteiger partial charge in [-0.1, -0.05) is 26.7 Å². The zero-order chi connectivity index (χ0) is 18.0. The second kappa shape index (κ2) is 10.2. The molecule has 0 saturated carbocycles. The van der Waals surface area contributed by atoms with Gasteiger partial charge in [-0.25, -0.2) is 9.98 Å². The fourth-order valence-electron chi connectivity index (χ4n) is 2.62. The first-order chi connectivity index (χ1) is 11.5. The number of rotatable bonds is 10. The van der Waals surface area contributed by atoms with Gasteiger partial charge in [-0.2, -0.15) is 8.78 Å². The number of guanidine groups is 1. The van der Waals surface area contributed by atoms with E-state index < -0.39 is 12.2 Å². The van der Waals surface area contributed by atoms with Gasteiger partial charge in [0.15, 0.2) is 5.96 Å². The number of nitrogens with zero attached hydrogens (tertiary/aromatic N) is 3. The molecule has 0 fully saturated rings. The van der Waals surface area contributed by atoms with E-state index in [-0.39, 0.29) is 12.4 Å². The molecule has 0 aromatic carbocycles. The Morgan fingerprint density at radius 2 is 1.96 bits per heavy atom. The molecule has 6 nitrogen and oxygen atoms in total. The minimum Gasteiger partial charge on any atom is -0.388 e. The molecule has 1 aromatic heterocycles. The first-order valence-electron chi connectivity index (χ1n) is 8.50. The highest BCUT2D eigenvalue weighted by Gasteiger charge is 2.25. The average Bonchev–Trinajstić information content (AvgIpc) is 2.99. The van der Waals surface area contributed by atoms with Crippen molar-refractivity contribution in [3.63, 3.8) is 0 Å². The van der Waals surface area contributed by atoms with Gasteiger partial charge in [-0.3, -0.25) is 4.57 Å². The van der Waals surface area contributed by atoms with Crippen LogP contribution in [-0.2, 0) is 6.54 Å². The van der Waals surface area contributed by atoms with Crippen LogP contribution in [0, 0.1) is 0 Å². The third kappa shape index (κ3) is 6.43. The lowest BCUT2D eigenvalue weighted by Crippen LogP contribution is -2.47.